The van der Waals surface area contributed by atoms with Gasteiger partial charge in [0.15, 0.2) is 0 Å². The average molecular weight is 428 g/mol. The van der Waals surface area contributed by atoms with Gasteiger partial charge in [-0.25, -0.2) is 0 Å². The van der Waals surface area contributed by atoms with E-state index in [-0.39, 0.29) is 5.91 Å². The van der Waals surface area contributed by atoms with Gasteiger partial charge in [0.2, 0.25) is 5.91 Å². The summed E-state index contributed by atoms with van der Waals surface area (Å²) in [5, 5.41) is 5.21. The van der Waals surface area contributed by atoms with Gasteiger partial charge in [-0.05, 0) is 52.9 Å². The molecule has 6 nitrogen and oxygen atoms in total. The number of hydrogen-bond donors (Lipinski definition) is 2. The Morgan fingerprint density at radius 1 is 1.10 bits per heavy atom. The summed E-state index contributed by atoms with van der Waals surface area (Å²) < 4.78 is 22.5. The maximum absolute atomic E-state index is 12.5. The zero-order valence-electron chi connectivity index (χ0n) is 16.0. The van der Waals surface area contributed by atoms with Gasteiger partial charge in [-0.3, -0.25) is 9.36 Å². The number of amides is 1. The van der Waals surface area contributed by atoms with Gasteiger partial charge in [-0.2, -0.15) is 0 Å². The van der Waals surface area contributed by atoms with Crippen LogP contribution in [0.3, 0.4) is 0 Å². The van der Waals surface area contributed by atoms with E-state index in [1.54, 1.807) is 47.7 Å². The molecule has 1 heterocycles. The molecule has 0 fully saturated rings. The molecule has 3 aromatic rings. The van der Waals surface area contributed by atoms with Crippen molar-refractivity contribution in [1.82, 2.24) is 0 Å². The Labute approximate surface area is 173 Å². The van der Waals surface area contributed by atoms with E-state index in [0.29, 0.717) is 22.2 Å². The number of carbonyl (C=O) groups excluding carboxylic acids is 1. The van der Waals surface area contributed by atoms with E-state index in [1.165, 1.54) is 20.3 Å². The van der Waals surface area contributed by atoms with Crippen molar-refractivity contribution in [2.45, 2.75) is 0 Å². The first-order valence-corrected chi connectivity index (χ1v) is 11.1. The van der Waals surface area contributed by atoms with Gasteiger partial charge in [-0.1, -0.05) is 24.3 Å². The van der Waals surface area contributed by atoms with Crippen LogP contribution in [0.4, 0.5) is 11.4 Å². The van der Waals surface area contributed by atoms with Crippen molar-refractivity contribution < 1.29 is 18.4 Å². The van der Waals surface area contributed by atoms with Crippen LogP contribution in [0.25, 0.3) is 16.5 Å². The standard InChI is InChI=1S/C21H21N2O4PS/c1-26-28(25,27-2)17-6-3-5-15(13-17)8-11-21(24)23-19-14-16(9-10-18(19)22)20-7-4-12-29-20/h3-14H,22H2,1-2H3,(H,23,24). The number of anilines is 2. The molecule has 0 radical (unpaired) electrons. The lowest BCUT2D eigenvalue weighted by Gasteiger charge is -2.13. The number of carbonyl (C=O) groups is 1. The Bertz CT molecular complexity index is 1070. The highest BCUT2D eigenvalue weighted by Crippen LogP contribution is 2.45. The minimum Gasteiger partial charge on any atom is -0.397 e. The number of nitrogens with two attached hydrogens (primary N) is 1. The summed E-state index contributed by atoms with van der Waals surface area (Å²) in [4.78, 5) is 13.5. The molecule has 0 aliphatic carbocycles. The van der Waals surface area contributed by atoms with Crippen molar-refractivity contribution in [3.63, 3.8) is 0 Å². The molecule has 0 atom stereocenters. The molecule has 0 aliphatic rings. The molecule has 29 heavy (non-hydrogen) atoms. The number of nitrogens with one attached hydrogen (secondary N) is 1. The van der Waals surface area contributed by atoms with Crippen LogP contribution in [-0.4, -0.2) is 20.1 Å². The summed E-state index contributed by atoms with van der Waals surface area (Å²) in [6, 6.07) is 16.3. The first kappa shape index (κ1) is 21.0. The zero-order valence-corrected chi connectivity index (χ0v) is 17.7. The molecular weight excluding hydrogens is 407 g/mol. The van der Waals surface area contributed by atoms with Crippen molar-refractivity contribution in [2.24, 2.45) is 0 Å². The zero-order chi connectivity index (χ0) is 20.9. The lowest BCUT2D eigenvalue weighted by Crippen LogP contribution is -2.10. The normalized spacial score (nSPS) is 11.7. The van der Waals surface area contributed by atoms with Gasteiger partial charge in [0, 0.05) is 25.2 Å². The third-order valence-electron chi connectivity index (χ3n) is 4.21. The molecule has 3 N–H and O–H groups in total. The highest BCUT2D eigenvalue weighted by molar-refractivity contribution is 7.62. The van der Waals surface area contributed by atoms with Crippen molar-refractivity contribution in [3.05, 3.63) is 71.6 Å². The summed E-state index contributed by atoms with van der Waals surface area (Å²) in [6.07, 6.45) is 3.01. The van der Waals surface area contributed by atoms with Crippen LogP contribution in [0.5, 0.6) is 0 Å². The van der Waals surface area contributed by atoms with Gasteiger partial charge in [-0.15, -0.1) is 11.3 Å². The molecule has 0 aliphatic heterocycles. The SMILES string of the molecule is COP(=O)(OC)c1cccc(C=CC(=O)Nc2cc(-c3cccs3)ccc2N)c1. The van der Waals surface area contributed by atoms with E-state index in [4.69, 9.17) is 14.8 Å². The fourth-order valence-corrected chi connectivity index (χ4v) is 4.56. The maximum Gasteiger partial charge on any atom is 0.360 e. The molecule has 3 rings (SSSR count). The molecule has 150 valence electrons. The van der Waals surface area contributed by atoms with Gasteiger partial charge >= 0.3 is 7.60 Å². The molecule has 0 saturated carbocycles. The number of nitrogen functional groups attached to an aromatic ring is 1. The van der Waals surface area contributed by atoms with Gasteiger partial charge in [0.05, 0.1) is 16.7 Å². The van der Waals surface area contributed by atoms with Crippen LogP contribution < -0.4 is 16.4 Å². The quantitative estimate of drug-likeness (QED) is 0.322. The fraction of sp³-hybridized carbons (Fsp3) is 0.0952. The Morgan fingerprint density at radius 3 is 2.59 bits per heavy atom. The van der Waals surface area contributed by atoms with Gasteiger partial charge < -0.3 is 20.1 Å². The lowest BCUT2D eigenvalue weighted by molar-refractivity contribution is -0.111. The first-order valence-electron chi connectivity index (χ1n) is 8.70. The number of hydrogen-bond acceptors (Lipinski definition) is 6. The van der Waals surface area contributed by atoms with E-state index in [2.05, 4.69) is 5.32 Å². The predicted molar refractivity (Wildman–Crippen MR) is 120 cm³/mol. The van der Waals surface area contributed by atoms with Crippen molar-refractivity contribution in [1.29, 1.82) is 0 Å². The first-order chi connectivity index (χ1) is 13.9. The number of thiophene rings is 1. The molecule has 0 saturated heterocycles. The topological polar surface area (TPSA) is 90.6 Å². The van der Waals surface area contributed by atoms with Gasteiger partial charge in [0.25, 0.3) is 0 Å². The summed E-state index contributed by atoms with van der Waals surface area (Å²) >= 11 is 1.61. The van der Waals surface area contributed by atoms with Crippen LogP contribution in [0, 0.1) is 0 Å². The van der Waals surface area contributed by atoms with Gasteiger partial charge in [0.1, 0.15) is 0 Å². The molecule has 0 spiro atoms. The second-order valence-corrected chi connectivity index (χ2v) is 9.25. The lowest BCUT2D eigenvalue weighted by atomic mass is 10.1. The average Bonchev–Trinajstić information content (AvgIpc) is 3.28. The van der Waals surface area contributed by atoms with E-state index < -0.39 is 7.60 Å². The van der Waals surface area contributed by atoms with Crippen LogP contribution in [0.1, 0.15) is 5.56 Å². The molecule has 1 aromatic heterocycles. The summed E-state index contributed by atoms with van der Waals surface area (Å²) in [7, 11) is -0.692. The summed E-state index contributed by atoms with van der Waals surface area (Å²) in [6.45, 7) is 0. The molecular formula is C21H21N2O4PS. The van der Waals surface area contributed by atoms with E-state index in [1.807, 2.05) is 29.6 Å². The van der Waals surface area contributed by atoms with E-state index >= 15 is 0 Å². The highest BCUT2D eigenvalue weighted by Gasteiger charge is 2.24. The predicted octanol–water partition coefficient (Wildman–Crippen LogP) is 4.76. The van der Waals surface area contributed by atoms with Crippen molar-refractivity contribution >= 4 is 47.6 Å². The second kappa shape index (κ2) is 9.20. The van der Waals surface area contributed by atoms with Crippen molar-refractivity contribution in [2.75, 3.05) is 25.3 Å². The minimum atomic E-state index is -3.35. The fourth-order valence-electron chi connectivity index (χ4n) is 2.69. The van der Waals surface area contributed by atoms with Crippen LogP contribution in [0.2, 0.25) is 0 Å². The Morgan fingerprint density at radius 2 is 1.90 bits per heavy atom. The van der Waals surface area contributed by atoms with Crippen LogP contribution >= 0.6 is 18.9 Å². The smallest absolute Gasteiger partial charge is 0.360 e. The Balaban J connectivity index is 1.76. The third kappa shape index (κ3) is 5.02. The third-order valence-corrected chi connectivity index (χ3v) is 7.00. The van der Waals surface area contributed by atoms with E-state index in [0.717, 1.165) is 10.4 Å². The monoisotopic (exact) mass is 428 g/mol. The number of rotatable bonds is 7. The minimum absolute atomic E-state index is 0.327. The second-order valence-electron chi connectivity index (χ2n) is 6.06. The summed E-state index contributed by atoms with van der Waals surface area (Å²) in [5.74, 6) is -0.327. The molecule has 2 aromatic carbocycles. The number of benzene rings is 2. The molecule has 0 unspecified atom stereocenters. The van der Waals surface area contributed by atoms with Crippen LogP contribution in [0.15, 0.2) is 66.1 Å². The van der Waals surface area contributed by atoms with Crippen molar-refractivity contribution in [3.8, 4) is 10.4 Å². The largest absolute Gasteiger partial charge is 0.397 e. The molecule has 0 bridgehead atoms. The van der Waals surface area contributed by atoms with E-state index in [9.17, 15) is 9.36 Å². The molecule has 8 heteroatoms. The molecule has 1 amide bonds. The Hall–Kier alpha value is -2.70. The highest BCUT2D eigenvalue weighted by atomic mass is 32.1. The summed E-state index contributed by atoms with van der Waals surface area (Å²) in [5.41, 5.74) is 8.70. The van der Waals surface area contributed by atoms with Crippen LogP contribution in [-0.2, 0) is 18.4 Å². The Kier molecular flexibility index (Phi) is 6.67. The maximum atomic E-state index is 12.5.